The SMILES string of the molecule is CC/C=C\C/C=C\C/C=C\C/C=C\CCCCCCCCCCCCCCCCCCCCCCCCCCCCC(=O)OC(COC(=O)CCCCCCCCCCCCCCCCCC/C=C\C/C=C\C/C=C\C/C=C\CC)COP(=O)([O-])OCC[N+](C)(C)C. The number of phosphoric acid groups is 1. The van der Waals surface area contributed by atoms with E-state index in [-0.39, 0.29) is 32.0 Å². The molecule has 0 N–H and O–H groups in total. The fraction of sp³-hybridized carbons (Fsp3) is 0.780. The number of nitrogens with zero attached hydrogens (tertiary/aromatic N) is 1. The molecular formula is C82H148NO8P. The van der Waals surface area contributed by atoms with Crippen LogP contribution in [0.4, 0.5) is 0 Å². The molecule has 0 bridgehead atoms. The predicted octanol–water partition coefficient (Wildman–Crippen LogP) is 25.2. The summed E-state index contributed by atoms with van der Waals surface area (Å²) in [6, 6.07) is 0. The summed E-state index contributed by atoms with van der Waals surface area (Å²) in [6.07, 6.45) is 101. The van der Waals surface area contributed by atoms with Crippen molar-refractivity contribution in [1.29, 1.82) is 0 Å². The molecule has 0 radical (unpaired) electrons. The summed E-state index contributed by atoms with van der Waals surface area (Å²) < 4.78 is 34.4. The largest absolute Gasteiger partial charge is 0.756 e. The molecule has 10 heteroatoms. The molecule has 2 unspecified atom stereocenters. The second kappa shape index (κ2) is 72.2. The van der Waals surface area contributed by atoms with Crippen LogP contribution >= 0.6 is 7.82 Å². The third-order valence-corrected chi connectivity index (χ3v) is 18.1. The molecular weight excluding hydrogens is 1160 g/mol. The molecule has 0 aliphatic heterocycles. The molecule has 0 saturated heterocycles. The van der Waals surface area contributed by atoms with E-state index in [2.05, 4.69) is 111 Å². The maximum Gasteiger partial charge on any atom is 0.306 e. The highest BCUT2D eigenvalue weighted by molar-refractivity contribution is 7.45. The van der Waals surface area contributed by atoms with Gasteiger partial charge in [-0.25, -0.2) is 0 Å². The molecule has 0 fully saturated rings. The summed E-state index contributed by atoms with van der Waals surface area (Å²) in [5.74, 6) is -0.817. The van der Waals surface area contributed by atoms with Gasteiger partial charge in [0.25, 0.3) is 7.82 Å². The minimum Gasteiger partial charge on any atom is -0.756 e. The molecule has 0 saturated carbocycles. The van der Waals surface area contributed by atoms with Crippen LogP contribution < -0.4 is 4.89 Å². The first-order valence-electron chi connectivity index (χ1n) is 38.9. The van der Waals surface area contributed by atoms with Gasteiger partial charge in [-0.1, -0.05) is 355 Å². The van der Waals surface area contributed by atoms with Crippen LogP contribution in [0.3, 0.4) is 0 Å². The van der Waals surface area contributed by atoms with Gasteiger partial charge < -0.3 is 27.9 Å². The summed E-state index contributed by atoms with van der Waals surface area (Å²) >= 11 is 0. The van der Waals surface area contributed by atoms with E-state index in [1.807, 2.05) is 21.1 Å². The van der Waals surface area contributed by atoms with Crippen molar-refractivity contribution in [3.05, 3.63) is 97.2 Å². The Kier molecular flexibility index (Phi) is 69.8. The summed E-state index contributed by atoms with van der Waals surface area (Å²) in [5.41, 5.74) is 0. The van der Waals surface area contributed by atoms with Gasteiger partial charge in [0, 0.05) is 12.8 Å². The molecule has 92 heavy (non-hydrogen) atoms. The monoisotopic (exact) mass is 1310 g/mol. The van der Waals surface area contributed by atoms with E-state index in [0.29, 0.717) is 17.4 Å². The highest BCUT2D eigenvalue weighted by Gasteiger charge is 2.22. The molecule has 0 aromatic heterocycles. The maximum absolute atomic E-state index is 12.9. The topological polar surface area (TPSA) is 111 Å². The van der Waals surface area contributed by atoms with Crippen LogP contribution in [0.1, 0.15) is 361 Å². The van der Waals surface area contributed by atoms with E-state index in [1.54, 1.807) is 0 Å². The molecule has 0 aliphatic rings. The van der Waals surface area contributed by atoms with Crippen LogP contribution in [0, 0.1) is 0 Å². The molecule has 0 aliphatic carbocycles. The Bertz CT molecular complexity index is 1880. The number of ether oxygens (including phenoxy) is 2. The van der Waals surface area contributed by atoms with E-state index in [0.717, 1.165) is 83.5 Å². The standard InChI is InChI=1S/C82H148NO8P/c1-6-8-10-12-14-16-18-20-22-24-26-28-30-32-34-36-37-38-39-40-41-42-43-44-45-47-49-51-53-55-57-59-61-63-65-67-69-71-73-75-82(85)91-80(79-90-92(86,87)89-77-76-83(3,4)5)78-88-81(84)74-72-70-68-66-64-62-60-58-56-54-52-50-48-46-35-33-31-29-27-25-23-21-19-17-15-13-11-9-7-2/h8-11,14-17,20-23,26-29,80H,6-7,12-13,18-19,24-25,30-79H2,1-5H3/b10-8-,11-9-,16-14-,17-15-,22-20-,23-21-,28-26-,29-27-. The van der Waals surface area contributed by atoms with E-state index in [1.165, 1.54) is 244 Å². The maximum atomic E-state index is 12.9. The fourth-order valence-electron chi connectivity index (χ4n) is 11.2. The van der Waals surface area contributed by atoms with Crippen molar-refractivity contribution in [1.82, 2.24) is 0 Å². The Hall–Kier alpha value is -3.07. The van der Waals surface area contributed by atoms with Crippen LogP contribution in [-0.2, 0) is 32.7 Å². The third-order valence-electron chi connectivity index (χ3n) is 17.1. The molecule has 0 spiro atoms. The Balaban J connectivity index is 3.92. The van der Waals surface area contributed by atoms with Gasteiger partial charge in [-0.2, -0.15) is 0 Å². The normalized spacial score (nSPS) is 13.6. The number of carbonyl (C=O) groups excluding carboxylic acids is 2. The van der Waals surface area contributed by atoms with E-state index >= 15 is 0 Å². The van der Waals surface area contributed by atoms with Gasteiger partial charge >= 0.3 is 11.9 Å². The first-order valence-corrected chi connectivity index (χ1v) is 40.4. The Morgan fingerprint density at radius 2 is 0.587 bits per heavy atom. The summed E-state index contributed by atoms with van der Waals surface area (Å²) in [7, 11) is 1.18. The second-order valence-corrected chi connectivity index (χ2v) is 28.7. The fourth-order valence-corrected chi connectivity index (χ4v) is 12.0. The summed E-state index contributed by atoms with van der Waals surface area (Å²) in [4.78, 5) is 38.2. The number of rotatable bonds is 72. The number of esters is 2. The number of phosphoric ester groups is 1. The minimum absolute atomic E-state index is 0.0307. The van der Waals surface area contributed by atoms with Crippen LogP contribution in [0.25, 0.3) is 0 Å². The van der Waals surface area contributed by atoms with Gasteiger partial charge in [0.1, 0.15) is 19.8 Å². The van der Waals surface area contributed by atoms with Gasteiger partial charge in [-0.3, -0.25) is 14.2 Å². The molecule has 0 aromatic carbocycles. The van der Waals surface area contributed by atoms with Crippen molar-refractivity contribution in [3.8, 4) is 0 Å². The number of hydrogen-bond acceptors (Lipinski definition) is 8. The van der Waals surface area contributed by atoms with Gasteiger partial charge in [-0.05, 0) is 89.9 Å². The van der Waals surface area contributed by atoms with Crippen molar-refractivity contribution < 1.29 is 42.1 Å². The highest BCUT2D eigenvalue weighted by Crippen LogP contribution is 2.38. The van der Waals surface area contributed by atoms with Crippen LogP contribution in [0.5, 0.6) is 0 Å². The molecule has 0 amide bonds. The van der Waals surface area contributed by atoms with Crippen molar-refractivity contribution >= 4 is 19.8 Å². The lowest BCUT2D eigenvalue weighted by molar-refractivity contribution is -0.870. The van der Waals surface area contributed by atoms with Crippen LogP contribution in [-0.4, -0.2) is 70.0 Å². The zero-order valence-corrected chi connectivity index (χ0v) is 61.9. The average molecular weight is 1310 g/mol. The molecule has 534 valence electrons. The number of carbonyl (C=O) groups is 2. The summed E-state index contributed by atoms with van der Waals surface area (Å²) in [6.45, 7) is 4.07. The predicted molar refractivity (Wildman–Crippen MR) is 397 cm³/mol. The Morgan fingerprint density at radius 1 is 0.337 bits per heavy atom. The van der Waals surface area contributed by atoms with E-state index in [4.69, 9.17) is 18.5 Å². The van der Waals surface area contributed by atoms with Gasteiger partial charge in [-0.15, -0.1) is 0 Å². The molecule has 2 atom stereocenters. The van der Waals surface area contributed by atoms with Gasteiger partial charge in [0.05, 0.1) is 27.7 Å². The van der Waals surface area contributed by atoms with E-state index in [9.17, 15) is 19.0 Å². The Labute approximate surface area is 570 Å². The van der Waals surface area contributed by atoms with Gasteiger partial charge in [0.2, 0.25) is 0 Å². The van der Waals surface area contributed by atoms with Crippen LogP contribution in [0.2, 0.25) is 0 Å². The number of unbranched alkanes of at least 4 members (excludes halogenated alkanes) is 42. The molecule has 0 rings (SSSR count). The quantitative estimate of drug-likeness (QED) is 0.0195. The average Bonchev–Trinajstić information content (AvgIpc) is 2.14. The number of quaternary nitrogens is 1. The Morgan fingerprint density at radius 3 is 0.870 bits per heavy atom. The third kappa shape index (κ3) is 76.0. The van der Waals surface area contributed by atoms with Crippen molar-refractivity contribution in [2.45, 2.75) is 367 Å². The number of likely N-dealkylation sites (N-methyl/N-ethyl adjacent to an activating group) is 1. The van der Waals surface area contributed by atoms with Crippen molar-refractivity contribution in [2.75, 3.05) is 47.5 Å². The zero-order valence-electron chi connectivity index (χ0n) is 61.0. The lowest BCUT2D eigenvalue weighted by Crippen LogP contribution is -2.37. The van der Waals surface area contributed by atoms with Gasteiger partial charge in [0.15, 0.2) is 6.10 Å². The number of allylic oxidation sites excluding steroid dienone is 16. The van der Waals surface area contributed by atoms with Crippen molar-refractivity contribution in [3.63, 3.8) is 0 Å². The highest BCUT2D eigenvalue weighted by atomic mass is 31.2. The number of hydrogen-bond donors (Lipinski definition) is 0. The summed E-state index contributed by atoms with van der Waals surface area (Å²) in [5, 5.41) is 0. The lowest BCUT2D eigenvalue weighted by atomic mass is 10.0. The molecule has 0 aromatic rings. The zero-order chi connectivity index (χ0) is 66.9. The van der Waals surface area contributed by atoms with Crippen LogP contribution in [0.15, 0.2) is 97.2 Å². The lowest BCUT2D eigenvalue weighted by Gasteiger charge is -2.28. The van der Waals surface area contributed by atoms with E-state index < -0.39 is 26.5 Å². The first-order chi connectivity index (χ1) is 45.0. The minimum atomic E-state index is -4.65. The van der Waals surface area contributed by atoms with Crippen molar-refractivity contribution in [2.24, 2.45) is 0 Å². The molecule has 0 heterocycles. The molecule has 9 nitrogen and oxygen atoms in total. The smallest absolute Gasteiger partial charge is 0.306 e. The second-order valence-electron chi connectivity index (χ2n) is 27.3. The first kappa shape index (κ1) is 88.9.